The predicted octanol–water partition coefficient (Wildman–Crippen LogP) is -0.473. The van der Waals surface area contributed by atoms with Crippen molar-refractivity contribution in [2.24, 2.45) is 5.84 Å². The quantitative estimate of drug-likeness (QED) is 0.330. The van der Waals surface area contributed by atoms with E-state index in [9.17, 15) is 0 Å². The molecule has 1 unspecified atom stereocenters. The van der Waals surface area contributed by atoms with E-state index in [0.717, 1.165) is 0 Å². The van der Waals surface area contributed by atoms with Crippen molar-refractivity contribution in [3.63, 3.8) is 0 Å². The smallest absolute Gasteiger partial charge is 0.223 e. The van der Waals surface area contributed by atoms with E-state index in [-0.39, 0.29) is 12.1 Å². The van der Waals surface area contributed by atoms with Crippen molar-refractivity contribution in [3.8, 4) is 0 Å². The van der Waals surface area contributed by atoms with Crippen molar-refractivity contribution >= 4 is 17.6 Å². The summed E-state index contributed by atoms with van der Waals surface area (Å²) < 4.78 is 0. The summed E-state index contributed by atoms with van der Waals surface area (Å²) in [6, 6.07) is 1.64. The lowest BCUT2D eigenvalue weighted by Crippen LogP contribution is -2.14. The van der Waals surface area contributed by atoms with Crippen LogP contribution in [0.4, 0.5) is 17.6 Å². The van der Waals surface area contributed by atoms with Crippen LogP contribution in [0.25, 0.3) is 0 Å². The number of nitrogen functional groups attached to an aromatic ring is 2. The first-order chi connectivity index (χ1) is 7.11. The van der Waals surface area contributed by atoms with Crippen LogP contribution in [-0.2, 0) is 0 Å². The van der Waals surface area contributed by atoms with Gasteiger partial charge < -0.3 is 21.6 Å². The van der Waals surface area contributed by atoms with Gasteiger partial charge in [-0.1, -0.05) is 0 Å². The minimum absolute atomic E-state index is 0.144. The molecule has 84 valence electrons. The lowest BCUT2D eigenvalue weighted by Gasteiger charge is -2.08. The molecule has 0 aliphatic heterocycles. The van der Waals surface area contributed by atoms with Crippen molar-refractivity contribution in [1.29, 1.82) is 0 Å². The van der Waals surface area contributed by atoms with Crippen LogP contribution in [0.3, 0.4) is 0 Å². The highest BCUT2D eigenvalue weighted by molar-refractivity contribution is 5.50. The van der Waals surface area contributed by atoms with Gasteiger partial charge in [-0.15, -0.1) is 0 Å². The Morgan fingerprint density at radius 3 is 2.73 bits per heavy atom. The van der Waals surface area contributed by atoms with Crippen LogP contribution in [0, 0.1) is 0 Å². The van der Waals surface area contributed by atoms with Crippen molar-refractivity contribution < 1.29 is 5.11 Å². The van der Waals surface area contributed by atoms with Gasteiger partial charge in [-0.2, -0.15) is 9.97 Å². The first kappa shape index (κ1) is 11.5. The summed E-state index contributed by atoms with van der Waals surface area (Å²) in [5, 5.41) is 12.1. The number of hydrazine groups is 1. The molecule has 7 nitrogen and oxygen atoms in total. The predicted molar refractivity (Wildman–Crippen MR) is 59.0 cm³/mol. The van der Waals surface area contributed by atoms with E-state index < -0.39 is 0 Å². The Balaban J connectivity index is 2.56. The van der Waals surface area contributed by atoms with Crippen LogP contribution >= 0.6 is 0 Å². The van der Waals surface area contributed by atoms with Crippen molar-refractivity contribution in [1.82, 2.24) is 9.97 Å². The highest BCUT2D eigenvalue weighted by atomic mass is 16.3. The average Bonchev–Trinajstić information content (AvgIpc) is 2.16. The van der Waals surface area contributed by atoms with E-state index in [1.807, 2.05) is 0 Å². The van der Waals surface area contributed by atoms with Gasteiger partial charge >= 0.3 is 0 Å². The maximum Gasteiger partial charge on any atom is 0.223 e. The highest BCUT2D eigenvalue weighted by Crippen LogP contribution is 2.11. The Labute approximate surface area is 87.9 Å². The zero-order chi connectivity index (χ0) is 11.3. The number of rotatable bonds is 5. The van der Waals surface area contributed by atoms with Gasteiger partial charge in [-0.25, -0.2) is 5.84 Å². The molecule has 0 amide bonds. The first-order valence-corrected chi connectivity index (χ1v) is 4.65. The summed E-state index contributed by atoms with van der Waals surface area (Å²) in [4.78, 5) is 7.79. The molecule has 0 radical (unpaired) electrons. The Bertz CT molecular complexity index is 316. The number of aromatic nitrogens is 2. The zero-order valence-corrected chi connectivity index (χ0v) is 8.57. The topological polar surface area (TPSA) is 122 Å². The van der Waals surface area contributed by atoms with Crippen LogP contribution in [-0.4, -0.2) is 27.7 Å². The molecule has 0 bridgehead atoms. The standard InChI is InChI=1S/C8H16N6O/c1-5(15)2-3-11-6-4-7(14-10)13-8(9)12-6/h4-5,15H,2-3,10H2,1H3,(H4,9,11,12,13,14). The lowest BCUT2D eigenvalue weighted by atomic mass is 10.3. The van der Waals surface area contributed by atoms with Crippen LogP contribution in [0.5, 0.6) is 0 Å². The van der Waals surface area contributed by atoms with E-state index in [0.29, 0.717) is 24.6 Å². The van der Waals surface area contributed by atoms with Gasteiger partial charge in [0.2, 0.25) is 5.95 Å². The molecular formula is C8H16N6O. The van der Waals surface area contributed by atoms with Gasteiger partial charge in [0.15, 0.2) is 0 Å². The molecular weight excluding hydrogens is 196 g/mol. The summed E-state index contributed by atoms with van der Waals surface area (Å²) in [6.07, 6.45) is 0.291. The fraction of sp³-hybridized carbons (Fsp3) is 0.500. The van der Waals surface area contributed by atoms with Crippen LogP contribution in [0.15, 0.2) is 6.07 Å². The molecule has 7 heteroatoms. The summed E-state index contributed by atoms with van der Waals surface area (Å²) in [6.45, 7) is 2.33. The second kappa shape index (κ2) is 5.32. The molecule has 15 heavy (non-hydrogen) atoms. The maximum absolute atomic E-state index is 9.06. The maximum atomic E-state index is 9.06. The van der Waals surface area contributed by atoms with Gasteiger partial charge in [-0.05, 0) is 13.3 Å². The summed E-state index contributed by atoms with van der Waals surface area (Å²) in [5.74, 6) is 6.37. The van der Waals surface area contributed by atoms with E-state index in [4.69, 9.17) is 16.7 Å². The summed E-state index contributed by atoms with van der Waals surface area (Å²) in [5.41, 5.74) is 7.85. The SMILES string of the molecule is CC(O)CCNc1cc(NN)nc(N)n1. The number of nitrogens with two attached hydrogens (primary N) is 2. The molecule has 0 aromatic carbocycles. The van der Waals surface area contributed by atoms with Crippen LogP contribution < -0.4 is 22.3 Å². The van der Waals surface area contributed by atoms with Gasteiger partial charge in [0.05, 0.1) is 6.10 Å². The first-order valence-electron chi connectivity index (χ1n) is 4.65. The fourth-order valence-electron chi connectivity index (χ4n) is 1.04. The number of aliphatic hydroxyl groups is 1. The lowest BCUT2D eigenvalue weighted by molar-refractivity contribution is 0.188. The number of hydrogen-bond acceptors (Lipinski definition) is 7. The largest absolute Gasteiger partial charge is 0.393 e. The molecule has 0 fully saturated rings. The highest BCUT2D eigenvalue weighted by Gasteiger charge is 2.01. The van der Waals surface area contributed by atoms with E-state index in [2.05, 4.69) is 20.7 Å². The van der Waals surface area contributed by atoms with E-state index in [1.165, 1.54) is 0 Å². The van der Waals surface area contributed by atoms with E-state index in [1.54, 1.807) is 13.0 Å². The number of anilines is 3. The molecule has 1 aromatic heterocycles. The molecule has 1 rings (SSSR count). The Morgan fingerprint density at radius 2 is 2.13 bits per heavy atom. The minimum atomic E-state index is -0.344. The number of aliphatic hydroxyl groups excluding tert-OH is 1. The molecule has 0 aliphatic rings. The van der Waals surface area contributed by atoms with Crippen LogP contribution in [0.2, 0.25) is 0 Å². The zero-order valence-electron chi connectivity index (χ0n) is 8.57. The normalized spacial score (nSPS) is 12.2. The fourth-order valence-corrected chi connectivity index (χ4v) is 1.04. The Hall–Kier alpha value is -1.60. The monoisotopic (exact) mass is 212 g/mol. The number of hydrogen-bond donors (Lipinski definition) is 5. The average molecular weight is 212 g/mol. The molecule has 0 aliphatic carbocycles. The molecule has 1 heterocycles. The molecule has 1 aromatic rings. The molecule has 1 atom stereocenters. The molecule has 0 saturated carbocycles. The molecule has 7 N–H and O–H groups in total. The van der Waals surface area contributed by atoms with Gasteiger partial charge in [0.25, 0.3) is 0 Å². The Kier molecular flexibility index (Phi) is 4.07. The molecule has 0 spiro atoms. The summed E-state index contributed by atoms with van der Waals surface area (Å²) >= 11 is 0. The van der Waals surface area contributed by atoms with E-state index >= 15 is 0 Å². The number of nitrogens with zero attached hydrogens (tertiary/aromatic N) is 2. The minimum Gasteiger partial charge on any atom is -0.393 e. The van der Waals surface area contributed by atoms with Crippen molar-refractivity contribution in [2.45, 2.75) is 19.4 Å². The molecule has 0 saturated heterocycles. The van der Waals surface area contributed by atoms with Gasteiger partial charge in [-0.3, -0.25) is 0 Å². The third kappa shape index (κ3) is 3.96. The van der Waals surface area contributed by atoms with Crippen molar-refractivity contribution in [3.05, 3.63) is 6.07 Å². The second-order valence-electron chi connectivity index (χ2n) is 3.21. The number of nitrogens with one attached hydrogen (secondary N) is 2. The third-order valence-corrected chi connectivity index (χ3v) is 1.76. The van der Waals surface area contributed by atoms with Crippen molar-refractivity contribution in [2.75, 3.05) is 23.0 Å². The third-order valence-electron chi connectivity index (χ3n) is 1.76. The van der Waals surface area contributed by atoms with Crippen LogP contribution in [0.1, 0.15) is 13.3 Å². The van der Waals surface area contributed by atoms with Gasteiger partial charge in [0.1, 0.15) is 11.6 Å². The Morgan fingerprint density at radius 1 is 1.47 bits per heavy atom. The van der Waals surface area contributed by atoms with Gasteiger partial charge in [0, 0.05) is 12.6 Å². The summed E-state index contributed by atoms with van der Waals surface area (Å²) in [7, 11) is 0. The second-order valence-corrected chi connectivity index (χ2v) is 3.21.